The molecule has 0 aliphatic carbocycles. The molecule has 2 heterocycles. The smallest absolute Gasteiger partial charge is 0.227 e. The van der Waals surface area contributed by atoms with E-state index in [1.54, 1.807) is 0 Å². The Hall–Kier alpha value is -4.73. The molecular formula is C35H21NOS. The van der Waals surface area contributed by atoms with Crippen LogP contribution in [0.15, 0.2) is 132 Å². The minimum atomic E-state index is 0.650. The van der Waals surface area contributed by atoms with E-state index >= 15 is 0 Å². The van der Waals surface area contributed by atoms with E-state index < -0.39 is 0 Å². The van der Waals surface area contributed by atoms with Crippen LogP contribution in [-0.4, -0.2) is 4.98 Å². The number of oxazole rings is 1. The van der Waals surface area contributed by atoms with Gasteiger partial charge in [-0.1, -0.05) is 91.0 Å². The minimum Gasteiger partial charge on any atom is -0.435 e. The van der Waals surface area contributed by atoms with Crippen molar-refractivity contribution in [1.82, 2.24) is 4.98 Å². The highest BCUT2D eigenvalue weighted by atomic mass is 32.1. The van der Waals surface area contributed by atoms with Crippen molar-refractivity contribution >= 4 is 53.4 Å². The van der Waals surface area contributed by atoms with E-state index in [1.165, 1.54) is 36.9 Å². The van der Waals surface area contributed by atoms with E-state index in [2.05, 4.69) is 91.0 Å². The van der Waals surface area contributed by atoms with E-state index in [-0.39, 0.29) is 0 Å². The summed E-state index contributed by atoms with van der Waals surface area (Å²) in [5.41, 5.74) is 7.53. The first-order chi connectivity index (χ1) is 18.8. The molecule has 178 valence electrons. The van der Waals surface area contributed by atoms with Gasteiger partial charge in [0.2, 0.25) is 5.89 Å². The number of hydrogen-bond acceptors (Lipinski definition) is 3. The molecule has 0 unspecified atom stereocenters. The number of rotatable bonds is 3. The summed E-state index contributed by atoms with van der Waals surface area (Å²) in [4.78, 5) is 4.77. The molecule has 0 aliphatic rings. The van der Waals surface area contributed by atoms with Gasteiger partial charge in [0, 0.05) is 31.1 Å². The second-order valence-corrected chi connectivity index (χ2v) is 10.6. The van der Waals surface area contributed by atoms with Gasteiger partial charge in [0.25, 0.3) is 0 Å². The molecule has 0 amide bonds. The van der Waals surface area contributed by atoms with Gasteiger partial charge in [-0.3, -0.25) is 0 Å². The zero-order valence-electron chi connectivity index (χ0n) is 20.4. The van der Waals surface area contributed by atoms with Gasteiger partial charge in [0.1, 0.15) is 5.52 Å². The molecule has 8 aromatic rings. The fourth-order valence-electron chi connectivity index (χ4n) is 5.43. The minimum absolute atomic E-state index is 0.650. The Labute approximate surface area is 223 Å². The predicted molar refractivity (Wildman–Crippen MR) is 161 cm³/mol. The van der Waals surface area contributed by atoms with Crippen molar-refractivity contribution in [3.05, 3.63) is 127 Å². The van der Waals surface area contributed by atoms with E-state index in [4.69, 9.17) is 9.40 Å². The van der Waals surface area contributed by atoms with Crippen LogP contribution in [0.2, 0.25) is 0 Å². The van der Waals surface area contributed by atoms with Gasteiger partial charge in [0.05, 0.1) is 0 Å². The van der Waals surface area contributed by atoms with Crippen LogP contribution >= 0.6 is 11.3 Å². The summed E-state index contributed by atoms with van der Waals surface area (Å²) in [6.45, 7) is 0. The lowest BCUT2D eigenvalue weighted by Gasteiger charge is -2.09. The number of hydrogen-bond donors (Lipinski definition) is 0. The third-order valence-corrected chi connectivity index (χ3v) is 8.52. The van der Waals surface area contributed by atoms with Crippen LogP contribution in [0.4, 0.5) is 0 Å². The molecule has 0 saturated carbocycles. The number of aromatic nitrogens is 1. The van der Waals surface area contributed by atoms with Gasteiger partial charge < -0.3 is 4.42 Å². The topological polar surface area (TPSA) is 26.0 Å². The average Bonchev–Trinajstić information content (AvgIpc) is 3.60. The lowest BCUT2D eigenvalue weighted by atomic mass is 9.96. The normalized spacial score (nSPS) is 11.7. The van der Waals surface area contributed by atoms with Crippen molar-refractivity contribution in [2.24, 2.45) is 0 Å². The molecule has 0 fully saturated rings. The SMILES string of the molecule is c1ccc(-c2nc3ccc4ccc(-c5cccc(-c6cccc7c6sc6ccccc67)c5)cc4c3o2)cc1. The highest BCUT2D eigenvalue weighted by molar-refractivity contribution is 7.26. The number of nitrogens with zero attached hydrogens (tertiary/aromatic N) is 1. The molecule has 0 aliphatic heterocycles. The van der Waals surface area contributed by atoms with Crippen molar-refractivity contribution in [3.8, 4) is 33.7 Å². The first kappa shape index (κ1) is 21.4. The van der Waals surface area contributed by atoms with Crippen molar-refractivity contribution in [1.29, 1.82) is 0 Å². The predicted octanol–water partition coefficient (Wildman–Crippen LogP) is 10.3. The second-order valence-electron chi connectivity index (χ2n) is 9.60. The highest BCUT2D eigenvalue weighted by Crippen LogP contribution is 2.41. The molecule has 0 N–H and O–H groups in total. The van der Waals surface area contributed by atoms with Crippen molar-refractivity contribution in [3.63, 3.8) is 0 Å². The Kier molecular flexibility index (Phi) is 4.73. The van der Waals surface area contributed by atoms with E-state index in [1.807, 2.05) is 47.7 Å². The third-order valence-electron chi connectivity index (χ3n) is 7.30. The standard InChI is InChI=1S/C35H21NOS/c1-2-8-23(9-3-1)35-36-31-19-18-22-16-17-25(21-30(22)33(31)37-35)24-10-6-11-26(20-24)27-13-7-14-29-28-12-4-5-15-32(28)38-34(27)29/h1-21H. The van der Waals surface area contributed by atoms with Gasteiger partial charge in [0.15, 0.2) is 5.58 Å². The summed E-state index contributed by atoms with van der Waals surface area (Å²) in [5.74, 6) is 0.650. The van der Waals surface area contributed by atoms with Gasteiger partial charge in [-0.05, 0) is 64.0 Å². The maximum atomic E-state index is 6.32. The molecule has 0 bridgehead atoms. The van der Waals surface area contributed by atoms with Crippen LogP contribution < -0.4 is 0 Å². The summed E-state index contributed by atoms with van der Waals surface area (Å²) in [7, 11) is 0. The van der Waals surface area contributed by atoms with Crippen molar-refractivity contribution < 1.29 is 4.42 Å². The molecule has 6 aromatic carbocycles. The van der Waals surface area contributed by atoms with Crippen molar-refractivity contribution in [2.45, 2.75) is 0 Å². The maximum Gasteiger partial charge on any atom is 0.227 e. The zero-order chi connectivity index (χ0) is 25.1. The monoisotopic (exact) mass is 503 g/mol. The van der Waals surface area contributed by atoms with E-state index in [9.17, 15) is 0 Å². The van der Waals surface area contributed by atoms with Crippen LogP contribution in [0.1, 0.15) is 0 Å². The fourth-order valence-corrected chi connectivity index (χ4v) is 6.67. The molecule has 2 aromatic heterocycles. The first-order valence-corrected chi connectivity index (χ1v) is 13.5. The Morgan fingerprint density at radius 1 is 0.526 bits per heavy atom. The molecule has 2 nitrogen and oxygen atoms in total. The van der Waals surface area contributed by atoms with Gasteiger partial charge >= 0.3 is 0 Å². The molecule has 0 saturated heterocycles. The number of benzene rings is 6. The highest BCUT2D eigenvalue weighted by Gasteiger charge is 2.13. The largest absolute Gasteiger partial charge is 0.435 e. The molecular weight excluding hydrogens is 482 g/mol. The molecule has 0 atom stereocenters. The molecule has 0 radical (unpaired) electrons. The van der Waals surface area contributed by atoms with Crippen LogP contribution in [0.25, 0.3) is 75.8 Å². The quantitative estimate of drug-likeness (QED) is 0.240. The number of fused-ring (bicyclic) bond motifs is 6. The Morgan fingerprint density at radius 2 is 1.26 bits per heavy atom. The molecule has 8 rings (SSSR count). The fraction of sp³-hybridized carbons (Fsp3) is 0. The van der Waals surface area contributed by atoms with Gasteiger partial charge in [-0.15, -0.1) is 11.3 Å². The van der Waals surface area contributed by atoms with Crippen LogP contribution in [0, 0.1) is 0 Å². The molecule has 38 heavy (non-hydrogen) atoms. The molecule has 0 spiro atoms. The Bertz CT molecular complexity index is 2140. The summed E-state index contributed by atoms with van der Waals surface area (Å²) in [6, 6.07) is 45.0. The number of thiophene rings is 1. The summed E-state index contributed by atoms with van der Waals surface area (Å²) < 4.78 is 8.98. The average molecular weight is 504 g/mol. The second kappa shape index (κ2) is 8.41. The lowest BCUT2D eigenvalue weighted by Crippen LogP contribution is -1.83. The first-order valence-electron chi connectivity index (χ1n) is 12.7. The summed E-state index contributed by atoms with van der Waals surface area (Å²) >= 11 is 1.87. The van der Waals surface area contributed by atoms with E-state index in [0.717, 1.165) is 33.0 Å². The lowest BCUT2D eigenvalue weighted by molar-refractivity contribution is 0.623. The molecule has 3 heteroatoms. The van der Waals surface area contributed by atoms with E-state index in [0.29, 0.717) is 5.89 Å². The summed E-state index contributed by atoms with van der Waals surface area (Å²) in [6.07, 6.45) is 0. The maximum absolute atomic E-state index is 6.32. The van der Waals surface area contributed by atoms with Gasteiger partial charge in [-0.2, -0.15) is 0 Å². The van der Waals surface area contributed by atoms with Crippen molar-refractivity contribution in [2.75, 3.05) is 0 Å². The van der Waals surface area contributed by atoms with Crippen LogP contribution in [0.5, 0.6) is 0 Å². The Balaban J connectivity index is 1.27. The Morgan fingerprint density at radius 3 is 2.21 bits per heavy atom. The summed E-state index contributed by atoms with van der Waals surface area (Å²) in [5, 5.41) is 4.86. The third kappa shape index (κ3) is 3.37. The van der Waals surface area contributed by atoms with Gasteiger partial charge in [-0.25, -0.2) is 4.98 Å². The van der Waals surface area contributed by atoms with Crippen LogP contribution in [-0.2, 0) is 0 Å². The zero-order valence-corrected chi connectivity index (χ0v) is 21.2. The van der Waals surface area contributed by atoms with Crippen LogP contribution in [0.3, 0.4) is 0 Å².